The van der Waals surface area contributed by atoms with Crippen molar-refractivity contribution in [3.63, 3.8) is 0 Å². The molecule has 1 aliphatic rings. The first-order valence-corrected chi connectivity index (χ1v) is 6.74. The lowest BCUT2D eigenvalue weighted by molar-refractivity contribution is -0.915. The lowest BCUT2D eigenvalue weighted by Crippen LogP contribution is -2.54. The number of ether oxygens (including phenoxy) is 2. The van der Waals surface area contributed by atoms with E-state index in [0.717, 1.165) is 19.5 Å². The summed E-state index contributed by atoms with van der Waals surface area (Å²) in [5.41, 5.74) is 0. The summed E-state index contributed by atoms with van der Waals surface area (Å²) in [6, 6.07) is 0. The van der Waals surface area contributed by atoms with Gasteiger partial charge >= 0.3 is 0 Å². The van der Waals surface area contributed by atoms with Crippen molar-refractivity contribution in [1.82, 2.24) is 0 Å². The van der Waals surface area contributed by atoms with Gasteiger partial charge in [-0.1, -0.05) is 6.92 Å². The molecule has 3 unspecified atom stereocenters. The van der Waals surface area contributed by atoms with Gasteiger partial charge in [0.1, 0.15) is 25.3 Å². The van der Waals surface area contributed by atoms with E-state index in [1.165, 1.54) is 0 Å². The zero-order valence-corrected chi connectivity index (χ0v) is 12.1. The van der Waals surface area contributed by atoms with Crippen molar-refractivity contribution < 1.29 is 24.2 Å². The van der Waals surface area contributed by atoms with E-state index in [9.17, 15) is 5.11 Å². The molecule has 1 rings (SSSR count). The largest absolute Gasteiger partial charge is 0.393 e. The highest BCUT2D eigenvalue weighted by molar-refractivity contribution is 4.71. The fourth-order valence-corrected chi connectivity index (χ4v) is 2.71. The van der Waals surface area contributed by atoms with Crippen LogP contribution in [0.4, 0.5) is 0 Å². The second-order valence-electron chi connectivity index (χ2n) is 6.00. The molecule has 5 nitrogen and oxygen atoms in total. The Morgan fingerprint density at radius 1 is 1.44 bits per heavy atom. The summed E-state index contributed by atoms with van der Waals surface area (Å²) in [6.45, 7) is 8.67. The number of rotatable bonds is 7. The van der Waals surface area contributed by atoms with Crippen LogP contribution in [-0.2, 0) is 9.47 Å². The van der Waals surface area contributed by atoms with Crippen LogP contribution in [0.3, 0.4) is 0 Å². The summed E-state index contributed by atoms with van der Waals surface area (Å²) in [5.74, 6) is -0.503. The lowest BCUT2D eigenvalue weighted by Gasteiger charge is -2.37. The number of quaternary nitrogens is 1. The molecule has 2 N–H and O–H groups in total. The van der Waals surface area contributed by atoms with Gasteiger partial charge in [-0.05, 0) is 20.3 Å². The molecule has 1 aliphatic heterocycles. The molecule has 1 saturated heterocycles. The average molecular weight is 262 g/mol. The second kappa shape index (κ2) is 6.30. The Morgan fingerprint density at radius 3 is 2.56 bits per heavy atom. The predicted octanol–water partition coefficient (Wildman–Crippen LogP) is 0.348. The zero-order chi connectivity index (χ0) is 13.8. The molecule has 1 heterocycles. The number of likely N-dealkylation sites (N-methyl/N-ethyl adjacent to an activating group) is 1. The Bertz CT molecular complexity index is 259. The van der Waals surface area contributed by atoms with Gasteiger partial charge in [-0.15, -0.1) is 0 Å². The summed E-state index contributed by atoms with van der Waals surface area (Å²) >= 11 is 0. The van der Waals surface area contributed by atoms with Crippen molar-refractivity contribution in [3.8, 4) is 0 Å². The molecule has 0 saturated carbocycles. The van der Waals surface area contributed by atoms with Gasteiger partial charge in [0.2, 0.25) is 0 Å². The van der Waals surface area contributed by atoms with Crippen molar-refractivity contribution >= 4 is 0 Å². The van der Waals surface area contributed by atoms with Gasteiger partial charge in [-0.2, -0.15) is 0 Å². The van der Waals surface area contributed by atoms with Crippen LogP contribution in [0.1, 0.15) is 27.2 Å². The van der Waals surface area contributed by atoms with Gasteiger partial charge in [0.05, 0.1) is 26.8 Å². The molecule has 0 aromatic carbocycles. The van der Waals surface area contributed by atoms with Crippen LogP contribution in [0.15, 0.2) is 0 Å². The molecule has 18 heavy (non-hydrogen) atoms. The van der Waals surface area contributed by atoms with Gasteiger partial charge in [-0.25, -0.2) is 0 Å². The van der Waals surface area contributed by atoms with Crippen LogP contribution in [0.25, 0.3) is 0 Å². The Hall–Kier alpha value is -0.200. The summed E-state index contributed by atoms with van der Waals surface area (Å²) in [6.07, 6.45) is 0.422. The van der Waals surface area contributed by atoms with E-state index in [0.29, 0.717) is 17.6 Å². The van der Waals surface area contributed by atoms with Crippen molar-refractivity contribution in [2.45, 2.75) is 45.2 Å². The monoisotopic (exact) mass is 262 g/mol. The van der Waals surface area contributed by atoms with Gasteiger partial charge in [-0.3, -0.25) is 0 Å². The molecule has 0 bridgehead atoms. The minimum atomic E-state index is -0.670. The molecule has 108 valence electrons. The van der Waals surface area contributed by atoms with Gasteiger partial charge in [0.25, 0.3) is 0 Å². The normalized spacial score (nSPS) is 28.0. The van der Waals surface area contributed by atoms with Crippen LogP contribution >= 0.6 is 0 Å². The van der Waals surface area contributed by atoms with E-state index in [1.807, 2.05) is 13.8 Å². The highest BCUT2D eigenvalue weighted by Gasteiger charge is 2.38. The standard InChI is InChI=1S/C13H28NO4/c1-5-6-14(4,7-11(16)9-15)8-12-10-17-13(2,3)18-12/h11-12,15-16H,5-10H2,1-4H3/q+1. The first-order valence-electron chi connectivity index (χ1n) is 6.74. The van der Waals surface area contributed by atoms with E-state index < -0.39 is 11.9 Å². The molecule has 0 aromatic heterocycles. The molecule has 3 atom stereocenters. The van der Waals surface area contributed by atoms with Crippen LogP contribution in [-0.4, -0.2) is 72.6 Å². The summed E-state index contributed by atoms with van der Waals surface area (Å²) in [4.78, 5) is 0. The maximum atomic E-state index is 9.66. The number of aliphatic hydroxyl groups excluding tert-OH is 2. The molecule has 0 radical (unpaired) electrons. The van der Waals surface area contributed by atoms with Crippen molar-refractivity contribution in [3.05, 3.63) is 0 Å². The summed E-state index contributed by atoms with van der Waals surface area (Å²) in [7, 11) is 2.09. The molecular weight excluding hydrogens is 234 g/mol. The number of nitrogens with zero attached hydrogens (tertiary/aromatic N) is 1. The average Bonchev–Trinajstić information content (AvgIpc) is 2.57. The van der Waals surface area contributed by atoms with Gasteiger partial charge in [0.15, 0.2) is 5.79 Å². The van der Waals surface area contributed by atoms with Crippen molar-refractivity contribution in [1.29, 1.82) is 0 Å². The topological polar surface area (TPSA) is 58.9 Å². The SMILES string of the molecule is CCC[N+](C)(CC(O)CO)CC1COC(C)(C)O1. The fraction of sp³-hybridized carbons (Fsp3) is 1.00. The summed E-state index contributed by atoms with van der Waals surface area (Å²) < 4.78 is 12.1. The number of hydrogen-bond donors (Lipinski definition) is 2. The minimum absolute atomic E-state index is 0.0578. The van der Waals surface area contributed by atoms with E-state index in [1.54, 1.807) is 0 Å². The van der Waals surface area contributed by atoms with E-state index in [4.69, 9.17) is 14.6 Å². The third-order valence-corrected chi connectivity index (χ3v) is 3.34. The van der Waals surface area contributed by atoms with Crippen molar-refractivity contribution in [2.24, 2.45) is 0 Å². The fourth-order valence-electron chi connectivity index (χ4n) is 2.71. The molecular formula is C13H28NO4+. The maximum absolute atomic E-state index is 9.66. The third kappa shape index (κ3) is 4.82. The first kappa shape index (κ1) is 15.9. The Balaban J connectivity index is 2.56. The Kier molecular flexibility index (Phi) is 5.55. The van der Waals surface area contributed by atoms with Gasteiger partial charge < -0.3 is 24.2 Å². The second-order valence-corrected chi connectivity index (χ2v) is 6.00. The molecule has 0 spiro atoms. The molecule has 1 fully saturated rings. The highest BCUT2D eigenvalue weighted by Crippen LogP contribution is 2.24. The first-order chi connectivity index (χ1) is 8.30. The number of hydrogen-bond acceptors (Lipinski definition) is 4. The summed E-state index contributed by atoms with van der Waals surface area (Å²) in [5, 5.41) is 18.7. The molecule has 5 heteroatoms. The Morgan fingerprint density at radius 2 is 2.11 bits per heavy atom. The van der Waals surface area contributed by atoms with Crippen LogP contribution < -0.4 is 0 Å². The number of aliphatic hydroxyl groups is 2. The van der Waals surface area contributed by atoms with E-state index >= 15 is 0 Å². The lowest BCUT2D eigenvalue weighted by atomic mass is 10.2. The van der Waals surface area contributed by atoms with Crippen LogP contribution in [0.5, 0.6) is 0 Å². The highest BCUT2D eigenvalue weighted by atomic mass is 16.7. The Labute approximate surface area is 110 Å². The molecule has 0 aliphatic carbocycles. The smallest absolute Gasteiger partial charge is 0.163 e. The van der Waals surface area contributed by atoms with E-state index in [2.05, 4.69) is 14.0 Å². The van der Waals surface area contributed by atoms with Crippen molar-refractivity contribution in [2.75, 3.05) is 39.9 Å². The van der Waals surface area contributed by atoms with Crippen LogP contribution in [0.2, 0.25) is 0 Å². The maximum Gasteiger partial charge on any atom is 0.163 e. The quantitative estimate of drug-likeness (QED) is 0.650. The molecule has 0 amide bonds. The minimum Gasteiger partial charge on any atom is -0.393 e. The third-order valence-electron chi connectivity index (χ3n) is 3.34. The van der Waals surface area contributed by atoms with Gasteiger partial charge in [0, 0.05) is 0 Å². The predicted molar refractivity (Wildman–Crippen MR) is 69.1 cm³/mol. The zero-order valence-electron chi connectivity index (χ0n) is 12.1. The van der Waals surface area contributed by atoms with E-state index in [-0.39, 0.29) is 12.7 Å². The van der Waals surface area contributed by atoms with Crippen LogP contribution in [0, 0.1) is 0 Å². The molecule has 0 aromatic rings.